The number of benzene rings is 3. The summed E-state index contributed by atoms with van der Waals surface area (Å²) in [4.78, 5) is 0. The molecule has 0 amide bonds. The van der Waals surface area contributed by atoms with E-state index < -0.39 is 0 Å². The number of halogens is 1. The fraction of sp³-hybridized carbons (Fsp3) is 0.174. The molecule has 4 nitrogen and oxygen atoms in total. The lowest BCUT2D eigenvalue weighted by atomic mass is 9.96. The summed E-state index contributed by atoms with van der Waals surface area (Å²) in [7, 11) is 1.67. The van der Waals surface area contributed by atoms with E-state index in [-0.39, 0.29) is 12.3 Å². The molecule has 5 heteroatoms. The van der Waals surface area contributed by atoms with Crippen LogP contribution in [0.2, 0.25) is 5.02 Å². The van der Waals surface area contributed by atoms with Gasteiger partial charge in [-0.2, -0.15) is 5.10 Å². The topological polar surface area (TPSA) is 34.1 Å². The number of hydrogen-bond acceptors (Lipinski definition) is 4. The standard InChI is InChI=1S/C23H19ClN2O2/c1-27-18-11-9-15(10-12-18)20-14-21-19-7-2-3-8-22(19)28-23(26(21)25-20)16-5-4-6-17(24)13-16/h2-13,21,23H,14H2,1H3. The smallest absolute Gasteiger partial charge is 0.213 e. The first-order chi connectivity index (χ1) is 13.7. The summed E-state index contributed by atoms with van der Waals surface area (Å²) in [5, 5.41) is 7.72. The molecule has 3 aromatic rings. The fourth-order valence-electron chi connectivity index (χ4n) is 3.87. The van der Waals surface area contributed by atoms with Crippen LogP contribution in [0.1, 0.15) is 35.4 Å². The average molecular weight is 391 g/mol. The summed E-state index contributed by atoms with van der Waals surface area (Å²) in [6, 6.07) is 24.2. The molecule has 140 valence electrons. The summed E-state index contributed by atoms with van der Waals surface area (Å²) in [5.74, 6) is 1.74. The second-order valence-corrected chi connectivity index (χ2v) is 7.37. The van der Waals surface area contributed by atoms with Gasteiger partial charge in [0.15, 0.2) is 0 Å². The number of para-hydroxylation sites is 1. The van der Waals surface area contributed by atoms with Gasteiger partial charge in [0.05, 0.1) is 18.9 Å². The van der Waals surface area contributed by atoms with Crippen LogP contribution in [-0.2, 0) is 0 Å². The highest BCUT2D eigenvalue weighted by Crippen LogP contribution is 2.47. The van der Waals surface area contributed by atoms with Crippen LogP contribution in [-0.4, -0.2) is 17.8 Å². The maximum Gasteiger partial charge on any atom is 0.213 e. The maximum absolute atomic E-state index is 6.35. The maximum atomic E-state index is 6.35. The number of ether oxygens (including phenoxy) is 2. The van der Waals surface area contributed by atoms with Crippen LogP contribution in [0.25, 0.3) is 0 Å². The Kier molecular flexibility index (Phi) is 4.21. The van der Waals surface area contributed by atoms with E-state index in [0.29, 0.717) is 5.02 Å². The third-order valence-electron chi connectivity index (χ3n) is 5.26. The zero-order valence-corrected chi connectivity index (χ0v) is 16.1. The van der Waals surface area contributed by atoms with Gasteiger partial charge in [0.1, 0.15) is 11.5 Å². The molecule has 0 N–H and O–H groups in total. The van der Waals surface area contributed by atoms with Crippen molar-refractivity contribution in [3.63, 3.8) is 0 Å². The summed E-state index contributed by atoms with van der Waals surface area (Å²) in [6.07, 6.45) is 0.512. The largest absolute Gasteiger partial charge is 0.497 e. The minimum atomic E-state index is -0.311. The van der Waals surface area contributed by atoms with E-state index in [9.17, 15) is 0 Å². The Hall–Kier alpha value is -2.98. The SMILES string of the molecule is COc1ccc(C2=NN3C(C2)c2ccccc2OC3c2cccc(Cl)c2)cc1. The summed E-state index contributed by atoms with van der Waals surface area (Å²) in [6.45, 7) is 0. The van der Waals surface area contributed by atoms with E-state index in [2.05, 4.69) is 23.2 Å². The number of hydrogen-bond donors (Lipinski definition) is 0. The Balaban J connectivity index is 1.57. The van der Waals surface area contributed by atoms with Crippen LogP contribution in [0.5, 0.6) is 11.5 Å². The molecule has 0 spiro atoms. The van der Waals surface area contributed by atoms with Crippen molar-refractivity contribution in [2.24, 2.45) is 5.10 Å². The van der Waals surface area contributed by atoms with Crippen molar-refractivity contribution in [2.75, 3.05) is 7.11 Å². The monoisotopic (exact) mass is 390 g/mol. The lowest BCUT2D eigenvalue weighted by Crippen LogP contribution is -2.33. The van der Waals surface area contributed by atoms with Gasteiger partial charge in [-0.05, 0) is 48.0 Å². The molecule has 5 rings (SSSR count). The number of fused-ring (bicyclic) bond motifs is 3. The van der Waals surface area contributed by atoms with Crippen LogP contribution < -0.4 is 9.47 Å². The molecule has 0 saturated heterocycles. The molecule has 2 aliphatic heterocycles. The summed E-state index contributed by atoms with van der Waals surface area (Å²) in [5.41, 5.74) is 4.29. The molecule has 2 aliphatic rings. The van der Waals surface area contributed by atoms with Crippen molar-refractivity contribution < 1.29 is 9.47 Å². The summed E-state index contributed by atoms with van der Waals surface area (Å²) < 4.78 is 11.6. The Morgan fingerprint density at radius 2 is 1.86 bits per heavy atom. The molecule has 0 bridgehead atoms. The second kappa shape index (κ2) is 6.88. The van der Waals surface area contributed by atoms with Crippen LogP contribution >= 0.6 is 11.6 Å². The van der Waals surface area contributed by atoms with Crippen molar-refractivity contribution >= 4 is 17.3 Å². The fourth-order valence-corrected chi connectivity index (χ4v) is 4.07. The molecule has 2 heterocycles. The van der Waals surface area contributed by atoms with Gasteiger partial charge in [-0.1, -0.05) is 41.9 Å². The third kappa shape index (κ3) is 2.90. The van der Waals surface area contributed by atoms with E-state index in [0.717, 1.165) is 40.3 Å². The molecule has 0 aromatic heterocycles. The highest BCUT2D eigenvalue weighted by molar-refractivity contribution is 6.30. The molecule has 0 saturated carbocycles. The van der Waals surface area contributed by atoms with Crippen LogP contribution in [0.4, 0.5) is 0 Å². The van der Waals surface area contributed by atoms with Crippen molar-refractivity contribution in [1.29, 1.82) is 0 Å². The molecule has 3 aromatic carbocycles. The molecule has 2 atom stereocenters. The molecular weight excluding hydrogens is 372 g/mol. The van der Waals surface area contributed by atoms with E-state index >= 15 is 0 Å². The van der Waals surface area contributed by atoms with Crippen molar-refractivity contribution in [2.45, 2.75) is 18.7 Å². The molecule has 2 unspecified atom stereocenters. The first-order valence-corrected chi connectivity index (χ1v) is 9.62. The van der Waals surface area contributed by atoms with Crippen LogP contribution in [0, 0.1) is 0 Å². The summed E-state index contributed by atoms with van der Waals surface area (Å²) >= 11 is 6.24. The van der Waals surface area contributed by atoms with Gasteiger partial charge in [0, 0.05) is 22.6 Å². The minimum absolute atomic E-state index is 0.131. The van der Waals surface area contributed by atoms with Crippen LogP contribution in [0.3, 0.4) is 0 Å². The normalized spacial score (nSPS) is 20.1. The first-order valence-electron chi connectivity index (χ1n) is 9.24. The van der Waals surface area contributed by atoms with Gasteiger partial charge < -0.3 is 9.47 Å². The van der Waals surface area contributed by atoms with E-state index in [1.807, 2.05) is 54.6 Å². The Morgan fingerprint density at radius 3 is 2.64 bits per heavy atom. The lowest BCUT2D eigenvalue weighted by molar-refractivity contribution is -0.0190. The number of hydrazone groups is 1. The van der Waals surface area contributed by atoms with Crippen molar-refractivity contribution in [3.05, 3.63) is 94.5 Å². The van der Waals surface area contributed by atoms with Gasteiger partial charge in [0.2, 0.25) is 6.23 Å². The predicted octanol–water partition coefficient (Wildman–Crippen LogP) is 5.59. The third-order valence-corrected chi connectivity index (χ3v) is 5.49. The van der Waals surface area contributed by atoms with E-state index in [1.165, 1.54) is 0 Å². The van der Waals surface area contributed by atoms with Gasteiger partial charge in [-0.15, -0.1) is 0 Å². The number of methoxy groups -OCH3 is 1. The van der Waals surface area contributed by atoms with E-state index in [1.54, 1.807) is 7.11 Å². The predicted molar refractivity (Wildman–Crippen MR) is 110 cm³/mol. The Bertz CT molecular complexity index is 1050. The lowest BCUT2D eigenvalue weighted by Gasteiger charge is -2.38. The molecule has 0 aliphatic carbocycles. The number of rotatable bonds is 3. The minimum Gasteiger partial charge on any atom is -0.497 e. The van der Waals surface area contributed by atoms with Gasteiger partial charge in [-0.3, -0.25) is 0 Å². The number of nitrogens with zero attached hydrogens (tertiary/aromatic N) is 2. The van der Waals surface area contributed by atoms with Crippen molar-refractivity contribution in [3.8, 4) is 11.5 Å². The molecular formula is C23H19ClN2O2. The van der Waals surface area contributed by atoms with Gasteiger partial charge in [0.25, 0.3) is 0 Å². The zero-order chi connectivity index (χ0) is 19.1. The molecule has 28 heavy (non-hydrogen) atoms. The highest BCUT2D eigenvalue weighted by Gasteiger charge is 2.40. The zero-order valence-electron chi connectivity index (χ0n) is 15.4. The average Bonchev–Trinajstić information content (AvgIpc) is 3.19. The molecule has 0 fully saturated rings. The van der Waals surface area contributed by atoms with Gasteiger partial charge in [-0.25, -0.2) is 5.01 Å². The van der Waals surface area contributed by atoms with Crippen LogP contribution in [0.15, 0.2) is 77.9 Å². The van der Waals surface area contributed by atoms with E-state index in [4.69, 9.17) is 26.2 Å². The van der Waals surface area contributed by atoms with Crippen molar-refractivity contribution in [1.82, 2.24) is 5.01 Å². The molecule has 0 radical (unpaired) electrons. The Morgan fingerprint density at radius 1 is 1.04 bits per heavy atom. The second-order valence-electron chi connectivity index (χ2n) is 6.94. The Labute approximate surface area is 169 Å². The highest BCUT2D eigenvalue weighted by atomic mass is 35.5. The van der Waals surface area contributed by atoms with Gasteiger partial charge >= 0.3 is 0 Å². The first kappa shape index (κ1) is 17.1. The quantitative estimate of drug-likeness (QED) is 0.584.